The summed E-state index contributed by atoms with van der Waals surface area (Å²) in [5, 5.41) is 13.5. The molecule has 0 aliphatic rings. The summed E-state index contributed by atoms with van der Waals surface area (Å²) in [6.45, 7) is 4.15. The number of thioether (sulfide) groups is 1. The number of hydrogen-bond acceptors (Lipinski definition) is 6. The van der Waals surface area contributed by atoms with Crippen molar-refractivity contribution < 1.29 is 13.9 Å². The van der Waals surface area contributed by atoms with Crippen molar-refractivity contribution in [1.29, 1.82) is 0 Å². The number of amides is 1. The second-order valence-electron chi connectivity index (χ2n) is 6.91. The summed E-state index contributed by atoms with van der Waals surface area (Å²) in [5.41, 5.74) is 2.99. The van der Waals surface area contributed by atoms with Crippen molar-refractivity contribution >= 4 is 34.1 Å². The molecule has 1 heterocycles. The summed E-state index contributed by atoms with van der Waals surface area (Å²) in [4.78, 5) is 12.2. The van der Waals surface area contributed by atoms with Crippen molar-refractivity contribution in [1.82, 2.24) is 10.2 Å². The number of aromatic nitrogens is 2. The van der Waals surface area contributed by atoms with E-state index < -0.39 is 0 Å². The summed E-state index contributed by atoms with van der Waals surface area (Å²) >= 11 is 1.19. The Morgan fingerprint density at radius 1 is 1.03 bits per heavy atom. The van der Waals surface area contributed by atoms with Crippen molar-refractivity contribution in [2.24, 2.45) is 0 Å². The topological polar surface area (TPSA) is 77.2 Å². The zero-order valence-corrected chi connectivity index (χ0v) is 17.5. The van der Waals surface area contributed by atoms with Crippen molar-refractivity contribution in [3.8, 4) is 5.75 Å². The molecule has 0 atom stereocenters. The molecule has 0 spiro atoms. The molecule has 1 N–H and O–H groups in total. The lowest BCUT2D eigenvalue weighted by atomic mass is 10.1. The molecule has 6 nitrogen and oxygen atoms in total. The van der Waals surface area contributed by atoms with Crippen LogP contribution >= 0.6 is 11.8 Å². The van der Waals surface area contributed by atoms with Gasteiger partial charge in [-0.15, -0.1) is 10.2 Å². The Morgan fingerprint density at radius 2 is 1.87 bits per heavy atom. The van der Waals surface area contributed by atoms with Crippen LogP contribution in [-0.2, 0) is 11.4 Å². The number of ether oxygens (including phenoxy) is 1. The highest BCUT2D eigenvalue weighted by molar-refractivity contribution is 7.99. The molecule has 4 rings (SSSR count). The molecule has 0 radical (unpaired) electrons. The van der Waals surface area contributed by atoms with Crippen LogP contribution in [0.5, 0.6) is 5.75 Å². The highest BCUT2D eigenvalue weighted by Crippen LogP contribution is 2.22. The summed E-state index contributed by atoms with van der Waals surface area (Å²) < 4.78 is 11.3. The fraction of sp³-hybridized carbons (Fsp3) is 0.174. The van der Waals surface area contributed by atoms with E-state index in [2.05, 4.69) is 21.6 Å². The SMILES string of the molecule is Cc1ccc(NC(=O)CSc2nnc(COc3ccc4ccccc4c3)o2)c(C)c1. The number of hydrogen-bond donors (Lipinski definition) is 1. The van der Waals surface area contributed by atoms with Gasteiger partial charge in [0.25, 0.3) is 11.1 Å². The first-order chi connectivity index (χ1) is 14.6. The summed E-state index contributed by atoms with van der Waals surface area (Å²) in [6, 6.07) is 19.9. The predicted molar refractivity (Wildman–Crippen MR) is 118 cm³/mol. The van der Waals surface area contributed by atoms with Crippen LogP contribution in [0.2, 0.25) is 0 Å². The van der Waals surface area contributed by atoms with Crippen LogP contribution in [0, 0.1) is 13.8 Å². The molecule has 30 heavy (non-hydrogen) atoms. The zero-order chi connectivity index (χ0) is 20.9. The number of benzene rings is 3. The summed E-state index contributed by atoms with van der Waals surface area (Å²) in [7, 11) is 0. The van der Waals surface area contributed by atoms with Crippen LogP contribution < -0.4 is 10.1 Å². The second kappa shape index (κ2) is 9.00. The lowest BCUT2D eigenvalue weighted by molar-refractivity contribution is -0.113. The van der Waals surface area contributed by atoms with E-state index in [1.807, 2.05) is 68.4 Å². The Kier molecular flexibility index (Phi) is 5.99. The first kappa shape index (κ1) is 20.0. The smallest absolute Gasteiger partial charge is 0.277 e. The van der Waals surface area contributed by atoms with E-state index in [0.29, 0.717) is 11.1 Å². The number of carbonyl (C=O) groups excluding carboxylic acids is 1. The minimum Gasteiger partial charge on any atom is -0.484 e. The molecule has 0 unspecified atom stereocenters. The van der Waals surface area contributed by atoms with Gasteiger partial charge in [-0.3, -0.25) is 4.79 Å². The molecule has 0 aliphatic heterocycles. The minimum absolute atomic E-state index is 0.126. The second-order valence-corrected chi connectivity index (χ2v) is 7.84. The number of fused-ring (bicyclic) bond motifs is 1. The molecule has 0 bridgehead atoms. The number of rotatable bonds is 7. The molecule has 1 aromatic heterocycles. The van der Waals surface area contributed by atoms with Crippen LogP contribution in [-0.4, -0.2) is 21.9 Å². The van der Waals surface area contributed by atoms with Gasteiger partial charge in [-0.2, -0.15) is 0 Å². The molecule has 7 heteroatoms. The van der Waals surface area contributed by atoms with Gasteiger partial charge in [-0.1, -0.05) is 59.8 Å². The highest BCUT2D eigenvalue weighted by Gasteiger charge is 2.11. The Balaban J connectivity index is 1.28. The standard InChI is InChI=1S/C23H21N3O3S/c1-15-7-10-20(16(2)11-15)24-21(27)14-30-23-26-25-22(29-23)13-28-19-9-8-17-5-3-4-6-18(17)12-19/h3-12H,13-14H2,1-2H3,(H,24,27). The summed E-state index contributed by atoms with van der Waals surface area (Å²) in [6.07, 6.45) is 0. The molecular formula is C23H21N3O3S. The van der Waals surface area contributed by atoms with Crippen LogP contribution in [0.25, 0.3) is 10.8 Å². The molecule has 152 valence electrons. The van der Waals surface area contributed by atoms with Crippen LogP contribution in [0.1, 0.15) is 17.0 Å². The van der Waals surface area contributed by atoms with Gasteiger partial charge in [0.2, 0.25) is 5.91 Å². The van der Waals surface area contributed by atoms with E-state index in [-0.39, 0.29) is 18.3 Å². The molecule has 3 aromatic carbocycles. The van der Waals surface area contributed by atoms with Gasteiger partial charge < -0.3 is 14.5 Å². The molecule has 4 aromatic rings. The third-order valence-electron chi connectivity index (χ3n) is 4.51. The van der Waals surface area contributed by atoms with Gasteiger partial charge in [-0.25, -0.2) is 0 Å². The first-order valence-electron chi connectivity index (χ1n) is 9.51. The third kappa shape index (κ3) is 4.99. The van der Waals surface area contributed by atoms with E-state index >= 15 is 0 Å². The molecule has 1 amide bonds. The molecular weight excluding hydrogens is 398 g/mol. The third-order valence-corrected chi connectivity index (χ3v) is 5.33. The van der Waals surface area contributed by atoms with E-state index in [1.54, 1.807) is 0 Å². The van der Waals surface area contributed by atoms with Gasteiger partial charge in [0.1, 0.15) is 5.75 Å². The van der Waals surface area contributed by atoms with E-state index in [1.165, 1.54) is 11.8 Å². The molecule has 0 fully saturated rings. The number of nitrogens with zero attached hydrogens (tertiary/aromatic N) is 2. The van der Waals surface area contributed by atoms with E-state index in [9.17, 15) is 4.79 Å². The Hall–Kier alpha value is -3.32. The minimum atomic E-state index is -0.126. The highest BCUT2D eigenvalue weighted by atomic mass is 32.2. The quantitative estimate of drug-likeness (QED) is 0.418. The van der Waals surface area contributed by atoms with Crippen LogP contribution in [0.3, 0.4) is 0 Å². The Morgan fingerprint density at radius 3 is 2.70 bits per heavy atom. The van der Waals surface area contributed by atoms with Crippen molar-refractivity contribution in [3.05, 3.63) is 77.7 Å². The maximum Gasteiger partial charge on any atom is 0.277 e. The number of carbonyl (C=O) groups is 1. The largest absolute Gasteiger partial charge is 0.484 e. The maximum absolute atomic E-state index is 12.2. The predicted octanol–water partition coefficient (Wildman–Crippen LogP) is 5.15. The van der Waals surface area contributed by atoms with Gasteiger partial charge in [0.15, 0.2) is 6.61 Å². The average molecular weight is 420 g/mol. The fourth-order valence-electron chi connectivity index (χ4n) is 3.02. The van der Waals surface area contributed by atoms with Gasteiger partial charge in [-0.05, 0) is 48.4 Å². The number of nitrogens with one attached hydrogen (secondary N) is 1. The van der Waals surface area contributed by atoms with Gasteiger partial charge in [0, 0.05) is 5.69 Å². The van der Waals surface area contributed by atoms with E-state index in [4.69, 9.17) is 9.15 Å². The normalized spacial score (nSPS) is 10.9. The van der Waals surface area contributed by atoms with Crippen molar-refractivity contribution in [2.75, 3.05) is 11.1 Å². The molecule has 0 aliphatic carbocycles. The first-order valence-corrected chi connectivity index (χ1v) is 10.5. The lowest BCUT2D eigenvalue weighted by Crippen LogP contribution is -2.14. The Labute approximate surface area is 178 Å². The lowest BCUT2D eigenvalue weighted by Gasteiger charge is -2.08. The Bertz CT molecular complexity index is 1190. The number of anilines is 1. The van der Waals surface area contributed by atoms with Crippen LogP contribution in [0.4, 0.5) is 5.69 Å². The fourth-order valence-corrected chi connectivity index (χ4v) is 3.60. The van der Waals surface area contributed by atoms with Gasteiger partial charge >= 0.3 is 0 Å². The van der Waals surface area contributed by atoms with Gasteiger partial charge in [0.05, 0.1) is 5.75 Å². The summed E-state index contributed by atoms with van der Waals surface area (Å²) in [5.74, 6) is 1.15. The van der Waals surface area contributed by atoms with Crippen molar-refractivity contribution in [2.45, 2.75) is 25.7 Å². The zero-order valence-electron chi connectivity index (χ0n) is 16.7. The van der Waals surface area contributed by atoms with Crippen molar-refractivity contribution in [3.63, 3.8) is 0 Å². The monoisotopic (exact) mass is 419 g/mol. The number of aryl methyl sites for hydroxylation is 2. The van der Waals surface area contributed by atoms with Crippen LogP contribution in [0.15, 0.2) is 70.3 Å². The molecule has 0 saturated carbocycles. The molecule has 0 saturated heterocycles. The van der Waals surface area contributed by atoms with E-state index in [0.717, 1.165) is 33.3 Å². The maximum atomic E-state index is 12.2. The average Bonchev–Trinajstić information content (AvgIpc) is 3.20.